The van der Waals surface area contributed by atoms with Crippen LogP contribution < -0.4 is 0 Å². The Morgan fingerprint density at radius 1 is 0.750 bits per heavy atom. The Kier molecular flexibility index (Phi) is 1.93. The molecule has 0 bridgehead atoms. The van der Waals surface area contributed by atoms with E-state index in [4.69, 9.17) is 0 Å². The normalized spacial score (nSPS) is 17.1. The average Bonchev–Trinajstić information content (AvgIpc) is 3.05. The number of hydrogen-bond acceptors (Lipinski definition) is 1. The van der Waals surface area contributed by atoms with Crippen LogP contribution in [0.15, 0.2) is 60.7 Å². The summed E-state index contributed by atoms with van der Waals surface area (Å²) in [7, 11) is 0. The zero-order valence-electron chi connectivity index (χ0n) is 8.89. The van der Waals surface area contributed by atoms with Gasteiger partial charge in [-0.3, -0.25) is 4.79 Å². The van der Waals surface area contributed by atoms with Gasteiger partial charge in [0.2, 0.25) is 0 Å². The van der Waals surface area contributed by atoms with Gasteiger partial charge >= 0.3 is 0 Å². The molecule has 1 fully saturated rings. The van der Waals surface area contributed by atoms with E-state index in [0.29, 0.717) is 12.2 Å². The summed E-state index contributed by atoms with van der Waals surface area (Å²) in [4.78, 5) is 11.8. The van der Waals surface area contributed by atoms with E-state index in [1.807, 2.05) is 60.7 Å². The maximum Gasteiger partial charge on any atom is 0.149 e. The van der Waals surface area contributed by atoms with Crippen molar-refractivity contribution in [3.63, 3.8) is 0 Å². The number of rotatable bonds is 2. The minimum absolute atomic E-state index is 0.324. The lowest BCUT2D eigenvalue weighted by Crippen LogP contribution is -2.11. The van der Waals surface area contributed by atoms with E-state index >= 15 is 0 Å². The number of benzene rings is 2. The Hall–Kier alpha value is -1.89. The monoisotopic (exact) mass is 208 g/mol. The van der Waals surface area contributed by atoms with E-state index in [1.54, 1.807) is 0 Å². The van der Waals surface area contributed by atoms with Crippen molar-refractivity contribution in [1.29, 1.82) is 0 Å². The predicted octanol–water partition coefficient (Wildman–Crippen LogP) is 2.95. The number of carbonyl (C=O) groups is 1. The first-order valence-electron chi connectivity index (χ1n) is 5.48. The van der Waals surface area contributed by atoms with Crippen LogP contribution in [0.5, 0.6) is 0 Å². The third kappa shape index (κ3) is 1.21. The minimum atomic E-state index is -0.345. The first-order chi connectivity index (χ1) is 7.84. The van der Waals surface area contributed by atoms with Gasteiger partial charge in [0.05, 0.1) is 5.41 Å². The number of ketones is 1. The fourth-order valence-corrected chi connectivity index (χ4v) is 2.33. The lowest BCUT2D eigenvalue weighted by atomic mass is 9.88. The van der Waals surface area contributed by atoms with Gasteiger partial charge in [-0.15, -0.1) is 0 Å². The van der Waals surface area contributed by atoms with Crippen LogP contribution in [-0.4, -0.2) is 5.78 Å². The number of Topliss-reactive ketones (excluding diaryl/α,β-unsaturated/α-hetero) is 1. The highest BCUT2D eigenvalue weighted by Gasteiger charge is 2.55. The Labute approximate surface area is 94.7 Å². The smallest absolute Gasteiger partial charge is 0.149 e. The summed E-state index contributed by atoms with van der Waals surface area (Å²) in [6, 6.07) is 20.1. The van der Waals surface area contributed by atoms with E-state index in [1.165, 1.54) is 0 Å². The van der Waals surface area contributed by atoms with E-state index in [0.717, 1.165) is 11.1 Å². The van der Waals surface area contributed by atoms with Crippen molar-refractivity contribution in [1.82, 2.24) is 0 Å². The van der Waals surface area contributed by atoms with Gasteiger partial charge in [-0.1, -0.05) is 60.7 Å². The SMILES string of the molecule is O=C1CC1(c1ccccc1)c1ccccc1. The molecule has 1 heteroatoms. The van der Waals surface area contributed by atoms with Crippen LogP contribution in [0.2, 0.25) is 0 Å². The maximum absolute atomic E-state index is 11.8. The predicted molar refractivity (Wildman–Crippen MR) is 63.3 cm³/mol. The van der Waals surface area contributed by atoms with Crippen LogP contribution >= 0.6 is 0 Å². The largest absolute Gasteiger partial charge is 0.298 e. The second-order valence-corrected chi connectivity index (χ2v) is 4.24. The molecule has 0 amide bonds. The molecule has 0 N–H and O–H groups in total. The van der Waals surface area contributed by atoms with Crippen molar-refractivity contribution in [2.45, 2.75) is 11.8 Å². The minimum Gasteiger partial charge on any atom is -0.298 e. The van der Waals surface area contributed by atoms with Gasteiger partial charge in [-0.2, -0.15) is 0 Å². The summed E-state index contributed by atoms with van der Waals surface area (Å²) < 4.78 is 0. The highest BCUT2D eigenvalue weighted by molar-refractivity contribution is 6.10. The van der Waals surface area contributed by atoms with E-state index < -0.39 is 0 Å². The third-order valence-corrected chi connectivity index (χ3v) is 3.31. The van der Waals surface area contributed by atoms with Crippen molar-refractivity contribution < 1.29 is 4.79 Å². The first kappa shape index (κ1) is 9.34. The van der Waals surface area contributed by atoms with E-state index in [2.05, 4.69) is 0 Å². The molecule has 0 radical (unpaired) electrons. The summed E-state index contributed by atoms with van der Waals surface area (Å²) >= 11 is 0. The maximum atomic E-state index is 11.8. The van der Waals surface area contributed by atoms with Crippen molar-refractivity contribution >= 4 is 5.78 Å². The van der Waals surface area contributed by atoms with Gasteiger partial charge in [-0.05, 0) is 11.1 Å². The molecule has 0 spiro atoms. The fraction of sp³-hybridized carbons (Fsp3) is 0.133. The first-order valence-corrected chi connectivity index (χ1v) is 5.48. The second kappa shape index (κ2) is 3.31. The molecule has 2 aromatic rings. The van der Waals surface area contributed by atoms with Gasteiger partial charge in [0.15, 0.2) is 0 Å². The van der Waals surface area contributed by atoms with Gasteiger partial charge in [0.1, 0.15) is 5.78 Å². The van der Waals surface area contributed by atoms with E-state index in [-0.39, 0.29) is 5.41 Å². The summed E-state index contributed by atoms with van der Waals surface area (Å²) in [6.07, 6.45) is 0.640. The highest BCUT2D eigenvalue weighted by Crippen LogP contribution is 2.49. The van der Waals surface area contributed by atoms with Gasteiger partial charge < -0.3 is 0 Å². The van der Waals surface area contributed by atoms with Crippen LogP contribution in [0.25, 0.3) is 0 Å². The molecule has 1 aliphatic rings. The highest BCUT2D eigenvalue weighted by atomic mass is 16.1. The van der Waals surface area contributed by atoms with Crippen LogP contribution in [-0.2, 0) is 10.2 Å². The summed E-state index contributed by atoms with van der Waals surface area (Å²) in [5, 5.41) is 0. The lowest BCUT2D eigenvalue weighted by molar-refractivity contribution is -0.111. The van der Waals surface area contributed by atoms with Crippen LogP contribution in [0, 0.1) is 0 Å². The van der Waals surface area contributed by atoms with E-state index in [9.17, 15) is 4.79 Å². The van der Waals surface area contributed by atoms with Gasteiger partial charge in [0, 0.05) is 6.42 Å². The number of carbonyl (C=O) groups excluding carboxylic acids is 1. The molecule has 1 aliphatic carbocycles. The molecule has 0 aliphatic heterocycles. The van der Waals surface area contributed by atoms with Crippen LogP contribution in [0.1, 0.15) is 17.5 Å². The van der Waals surface area contributed by atoms with Crippen molar-refractivity contribution in [3.8, 4) is 0 Å². The summed E-state index contributed by atoms with van der Waals surface area (Å²) in [5.74, 6) is 0.324. The molecule has 2 aromatic carbocycles. The Morgan fingerprint density at radius 3 is 1.44 bits per heavy atom. The van der Waals surface area contributed by atoms with Crippen LogP contribution in [0.3, 0.4) is 0 Å². The third-order valence-electron chi connectivity index (χ3n) is 3.31. The summed E-state index contributed by atoms with van der Waals surface area (Å²) in [5.41, 5.74) is 1.89. The van der Waals surface area contributed by atoms with Crippen molar-refractivity contribution in [3.05, 3.63) is 71.8 Å². The molecule has 16 heavy (non-hydrogen) atoms. The zero-order valence-corrected chi connectivity index (χ0v) is 8.89. The lowest BCUT2D eigenvalue weighted by Gasteiger charge is -2.13. The molecule has 1 saturated carbocycles. The molecular formula is C15H12O. The molecule has 0 aromatic heterocycles. The Balaban J connectivity index is 2.13. The molecule has 1 nitrogen and oxygen atoms in total. The van der Waals surface area contributed by atoms with Gasteiger partial charge in [-0.25, -0.2) is 0 Å². The Bertz CT molecular complexity index is 474. The average molecular weight is 208 g/mol. The van der Waals surface area contributed by atoms with Crippen LogP contribution in [0.4, 0.5) is 0 Å². The molecule has 3 rings (SSSR count). The van der Waals surface area contributed by atoms with Crippen molar-refractivity contribution in [2.24, 2.45) is 0 Å². The number of hydrogen-bond donors (Lipinski definition) is 0. The Morgan fingerprint density at radius 2 is 1.12 bits per heavy atom. The van der Waals surface area contributed by atoms with Crippen molar-refractivity contribution in [2.75, 3.05) is 0 Å². The fourth-order valence-electron chi connectivity index (χ4n) is 2.33. The topological polar surface area (TPSA) is 17.1 Å². The molecular weight excluding hydrogens is 196 g/mol. The standard InChI is InChI=1S/C15H12O/c16-14-11-15(14,12-7-3-1-4-8-12)13-9-5-2-6-10-13/h1-10H,11H2. The summed E-state index contributed by atoms with van der Waals surface area (Å²) in [6.45, 7) is 0. The van der Waals surface area contributed by atoms with Gasteiger partial charge in [0.25, 0.3) is 0 Å². The quantitative estimate of drug-likeness (QED) is 0.741. The molecule has 0 unspecified atom stereocenters. The zero-order chi connectivity index (χ0) is 11.0. The molecule has 0 saturated heterocycles. The second-order valence-electron chi connectivity index (χ2n) is 4.24. The molecule has 0 atom stereocenters. The molecule has 78 valence electrons. The molecule has 0 heterocycles.